The number of hydrogen-bond acceptors (Lipinski definition) is 5. The van der Waals surface area contributed by atoms with Crippen LogP contribution in [-0.4, -0.2) is 32.8 Å². The number of fused-ring (bicyclic) bond motifs is 1. The molecule has 0 unspecified atom stereocenters. The fourth-order valence-electron chi connectivity index (χ4n) is 4.12. The van der Waals surface area contributed by atoms with E-state index in [0.717, 1.165) is 35.0 Å². The number of carbonyl (C=O) groups is 1. The van der Waals surface area contributed by atoms with E-state index in [1.807, 2.05) is 18.2 Å². The van der Waals surface area contributed by atoms with Gasteiger partial charge in [0.25, 0.3) is 0 Å². The summed E-state index contributed by atoms with van der Waals surface area (Å²) in [6.07, 6.45) is -0.694. The quantitative estimate of drug-likeness (QED) is 0.258. The van der Waals surface area contributed by atoms with Gasteiger partial charge in [-0.1, -0.05) is 12.1 Å². The van der Waals surface area contributed by atoms with Crippen molar-refractivity contribution in [2.24, 2.45) is 0 Å². The molecule has 0 aliphatic heterocycles. The third-order valence-electron chi connectivity index (χ3n) is 5.99. The predicted molar refractivity (Wildman–Crippen MR) is 133 cm³/mol. The maximum Gasteiger partial charge on any atom is 0.416 e. The number of nitrogens with one attached hydrogen (secondary N) is 1. The monoisotopic (exact) mass is 520 g/mol. The van der Waals surface area contributed by atoms with Gasteiger partial charge in [0, 0.05) is 71.0 Å². The van der Waals surface area contributed by atoms with Crippen molar-refractivity contribution in [1.29, 1.82) is 0 Å². The molecule has 0 aliphatic carbocycles. The smallest absolute Gasteiger partial charge is 0.416 e. The number of rotatable bonds is 7. The number of ether oxygens (including phenoxy) is 1. The van der Waals surface area contributed by atoms with Crippen LogP contribution in [0.1, 0.15) is 16.8 Å². The molecule has 1 aromatic carbocycles. The van der Waals surface area contributed by atoms with E-state index < -0.39 is 17.6 Å². The Labute approximate surface area is 214 Å². The molecule has 4 heterocycles. The van der Waals surface area contributed by atoms with Crippen molar-refractivity contribution in [2.45, 2.75) is 19.0 Å². The van der Waals surface area contributed by atoms with Crippen LogP contribution < -0.4 is 4.74 Å². The summed E-state index contributed by atoms with van der Waals surface area (Å²) in [6, 6.07) is 13.4. The minimum atomic E-state index is -4.52. The Morgan fingerprint density at radius 2 is 1.74 bits per heavy atom. The maximum absolute atomic E-state index is 15.0. The van der Waals surface area contributed by atoms with Gasteiger partial charge >= 0.3 is 6.18 Å². The van der Waals surface area contributed by atoms with E-state index in [1.54, 1.807) is 30.6 Å². The lowest BCUT2D eigenvalue weighted by Gasteiger charge is -2.08. The average molecular weight is 520 g/mol. The third-order valence-corrected chi connectivity index (χ3v) is 5.99. The molecular weight excluding hydrogens is 500 g/mol. The first-order chi connectivity index (χ1) is 18.2. The molecule has 192 valence electrons. The SMILES string of the molecule is COc1ccc(-c2cc3cc(-c4ccc(CC(=O)Cc5cc(C(F)(F)F)ccn5)cc4F)cnc3[nH]2)cn1. The van der Waals surface area contributed by atoms with Crippen LogP contribution in [0.5, 0.6) is 5.88 Å². The lowest BCUT2D eigenvalue weighted by Crippen LogP contribution is -2.11. The highest BCUT2D eigenvalue weighted by atomic mass is 19.4. The number of halogens is 4. The zero-order valence-corrected chi connectivity index (χ0v) is 20.0. The normalized spacial score (nSPS) is 11.6. The first kappa shape index (κ1) is 25.1. The largest absolute Gasteiger partial charge is 0.481 e. The molecule has 0 radical (unpaired) electrons. The van der Waals surface area contributed by atoms with Gasteiger partial charge in [0.15, 0.2) is 0 Å². The van der Waals surface area contributed by atoms with Crippen molar-refractivity contribution < 1.29 is 27.1 Å². The average Bonchev–Trinajstić information content (AvgIpc) is 3.32. The van der Waals surface area contributed by atoms with Gasteiger partial charge in [-0.15, -0.1) is 0 Å². The first-order valence-corrected chi connectivity index (χ1v) is 11.5. The lowest BCUT2D eigenvalue weighted by molar-refractivity contribution is -0.137. The van der Waals surface area contributed by atoms with Crippen molar-refractivity contribution in [1.82, 2.24) is 19.9 Å². The molecule has 38 heavy (non-hydrogen) atoms. The molecule has 0 atom stereocenters. The van der Waals surface area contributed by atoms with E-state index in [9.17, 15) is 18.0 Å². The number of alkyl halides is 3. The molecule has 0 bridgehead atoms. The second-order valence-electron chi connectivity index (χ2n) is 8.67. The summed E-state index contributed by atoms with van der Waals surface area (Å²) in [5, 5.41) is 0.778. The summed E-state index contributed by atoms with van der Waals surface area (Å²) in [7, 11) is 1.54. The number of nitrogens with zero attached hydrogens (tertiary/aromatic N) is 3. The number of Topliss-reactive ketones (excluding diaryl/α,β-unsaturated/α-hetero) is 1. The number of hydrogen-bond donors (Lipinski definition) is 1. The van der Waals surface area contributed by atoms with Crippen LogP contribution in [0.4, 0.5) is 17.6 Å². The van der Waals surface area contributed by atoms with Crippen LogP contribution in [0.3, 0.4) is 0 Å². The molecule has 0 aliphatic rings. The molecule has 0 saturated carbocycles. The summed E-state index contributed by atoms with van der Waals surface area (Å²) < 4.78 is 58.8. The Bertz CT molecular complexity index is 1630. The second-order valence-corrected chi connectivity index (χ2v) is 8.67. The molecule has 0 amide bonds. The van der Waals surface area contributed by atoms with Crippen LogP contribution in [0.25, 0.3) is 33.4 Å². The highest BCUT2D eigenvalue weighted by Gasteiger charge is 2.30. The van der Waals surface area contributed by atoms with Crippen LogP contribution in [0.2, 0.25) is 0 Å². The van der Waals surface area contributed by atoms with E-state index in [2.05, 4.69) is 19.9 Å². The van der Waals surface area contributed by atoms with E-state index in [0.29, 0.717) is 28.2 Å². The number of aromatic nitrogens is 4. The van der Waals surface area contributed by atoms with Crippen molar-refractivity contribution in [3.8, 4) is 28.3 Å². The zero-order chi connectivity index (χ0) is 26.9. The van der Waals surface area contributed by atoms with Gasteiger partial charge in [0.2, 0.25) is 5.88 Å². The van der Waals surface area contributed by atoms with Gasteiger partial charge in [0.05, 0.1) is 12.7 Å². The van der Waals surface area contributed by atoms with E-state index in [1.165, 1.54) is 13.2 Å². The highest BCUT2D eigenvalue weighted by Crippen LogP contribution is 2.30. The summed E-state index contributed by atoms with van der Waals surface area (Å²) in [6.45, 7) is 0. The Morgan fingerprint density at radius 3 is 2.45 bits per heavy atom. The van der Waals surface area contributed by atoms with Gasteiger partial charge in [0.1, 0.15) is 17.2 Å². The molecule has 0 spiro atoms. The van der Waals surface area contributed by atoms with Crippen molar-refractivity contribution in [2.75, 3.05) is 7.11 Å². The number of H-pyrrole nitrogens is 1. The molecule has 5 aromatic rings. The Morgan fingerprint density at radius 1 is 0.921 bits per heavy atom. The predicted octanol–water partition coefficient (Wildman–Crippen LogP) is 6.21. The van der Waals surface area contributed by atoms with Crippen molar-refractivity contribution in [3.63, 3.8) is 0 Å². The van der Waals surface area contributed by atoms with Gasteiger partial charge in [-0.05, 0) is 42.0 Å². The minimum absolute atomic E-state index is 0.0117. The maximum atomic E-state index is 15.0. The fourth-order valence-corrected chi connectivity index (χ4v) is 4.12. The molecular formula is C28H20F4N4O2. The van der Waals surface area contributed by atoms with Gasteiger partial charge in [-0.3, -0.25) is 9.78 Å². The lowest BCUT2D eigenvalue weighted by atomic mass is 10.00. The number of ketones is 1. The Balaban J connectivity index is 1.32. The van der Waals surface area contributed by atoms with Crippen LogP contribution >= 0.6 is 0 Å². The summed E-state index contributed by atoms with van der Waals surface area (Å²) in [5.41, 5.74) is 2.68. The zero-order valence-electron chi connectivity index (χ0n) is 20.0. The minimum Gasteiger partial charge on any atom is -0.481 e. The third kappa shape index (κ3) is 5.39. The standard InChI is InChI=1S/C28H20F4N4O2/c1-38-26-5-3-17(14-34-26)25-11-18-10-19(15-35-27(18)36-25)23-4-2-16(9-24(23)29)8-22(37)13-21-12-20(6-7-33-21)28(30,31)32/h2-7,9-12,14-15H,8,13H2,1H3,(H,35,36). The topological polar surface area (TPSA) is 80.8 Å². The molecule has 1 N–H and O–H groups in total. The number of pyridine rings is 3. The fraction of sp³-hybridized carbons (Fsp3) is 0.143. The summed E-state index contributed by atoms with van der Waals surface area (Å²) in [5.74, 6) is -0.415. The van der Waals surface area contributed by atoms with E-state index in [-0.39, 0.29) is 24.3 Å². The van der Waals surface area contributed by atoms with Crippen LogP contribution in [-0.2, 0) is 23.8 Å². The Kier molecular flexibility index (Phi) is 6.62. The highest BCUT2D eigenvalue weighted by molar-refractivity contribution is 5.87. The number of methoxy groups -OCH3 is 1. The molecule has 6 nitrogen and oxygen atoms in total. The van der Waals surface area contributed by atoms with Gasteiger partial charge in [-0.25, -0.2) is 14.4 Å². The van der Waals surface area contributed by atoms with E-state index in [4.69, 9.17) is 4.74 Å². The summed E-state index contributed by atoms with van der Waals surface area (Å²) in [4.78, 5) is 28.1. The number of carbonyl (C=O) groups excluding carboxylic acids is 1. The van der Waals surface area contributed by atoms with Crippen molar-refractivity contribution >= 4 is 16.8 Å². The molecule has 0 fully saturated rings. The number of aromatic amines is 1. The first-order valence-electron chi connectivity index (χ1n) is 11.5. The Hall–Kier alpha value is -4.60. The summed E-state index contributed by atoms with van der Waals surface area (Å²) >= 11 is 0. The van der Waals surface area contributed by atoms with Crippen LogP contribution in [0, 0.1) is 5.82 Å². The molecule has 0 saturated heterocycles. The second kappa shape index (κ2) is 10.0. The molecule has 5 rings (SSSR count). The van der Waals surface area contributed by atoms with Gasteiger partial charge in [-0.2, -0.15) is 13.2 Å². The van der Waals surface area contributed by atoms with E-state index >= 15 is 4.39 Å². The number of benzene rings is 1. The van der Waals surface area contributed by atoms with Gasteiger partial charge < -0.3 is 9.72 Å². The molecule has 10 heteroatoms. The van der Waals surface area contributed by atoms with Crippen LogP contribution in [0.15, 0.2) is 73.2 Å². The molecule has 4 aromatic heterocycles. The van der Waals surface area contributed by atoms with Crippen molar-refractivity contribution in [3.05, 3.63) is 95.8 Å².